The standard InChI is InChI=1S/C2H4O2.C2H3.Li/c1-2(3)4;1-2;/h1H3,(H,3,4);1H,2H2;/q;-1;+1. The van der Waals surface area contributed by atoms with Gasteiger partial charge in [-0.2, -0.15) is 0 Å². The van der Waals surface area contributed by atoms with Crippen LogP contribution in [0.3, 0.4) is 0 Å². The molecule has 7 heavy (non-hydrogen) atoms. The second-order valence-electron chi connectivity index (χ2n) is 0.519. The summed E-state index contributed by atoms with van der Waals surface area (Å²) in [5, 5.41) is 7.42. The molecule has 0 saturated carbocycles. The molecule has 3 heteroatoms. The van der Waals surface area contributed by atoms with Gasteiger partial charge in [0.25, 0.3) is 5.97 Å². The van der Waals surface area contributed by atoms with Crippen molar-refractivity contribution in [2.75, 3.05) is 0 Å². The maximum Gasteiger partial charge on any atom is 1.00 e. The molecule has 0 fully saturated rings. The molecule has 0 aromatic rings. The Labute approximate surface area is 55.4 Å². The maximum absolute atomic E-state index is 9.00. The number of hydrogen-bond donors (Lipinski definition) is 1. The third-order valence-electron chi connectivity index (χ3n) is 0. The maximum atomic E-state index is 9.00. The predicted octanol–water partition coefficient (Wildman–Crippen LogP) is -2.30. The third kappa shape index (κ3) is 2270. The van der Waals surface area contributed by atoms with Crippen molar-refractivity contribution < 1.29 is 28.8 Å². The second-order valence-corrected chi connectivity index (χ2v) is 0.519. The molecule has 0 rings (SSSR count). The minimum atomic E-state index is -0.833. The average Bonchev–Trinajstić information content (AvgIpc) is 1.41. The van der Waals surface area contributed by atoms with Crippen LogP contribution in [0, 0.1) is 6.58 Å². The molecule has 0 unspecified atom stereocenters. The van der Waals surface area contributed by atoms with Crippen molar-refractivity contribution in [2.24, 2.45) is 0 Å². The van der Waals surface area contributed by atoms with E-state index in [1.807, 2.05) is 0 Å². The fourth-order valence-corrected chi connectivity index (χ4v) is 0. The molecule has 0 aromatic heterocycles. The van der Waals surface area contributed by atoms with Gasteiger partial charge < -0.3 is 11.7 Å². The number of carboxylic acids is 1. The molecule has 0 amide bonds. The molecule has 36 valence electrons. The topological polar surface area (TPSA) is 37.3 Å². The Morgan fingerprint density at radius 2 is 1.71 bits per heavy atom. The van der Waals surface area contributed by atoms with Gasteiger partial charge in [-0.15, -0.1) is 0 Å². The number of carboxylic acid groups (broad SMARTS) is 1. The van der Waals surface area contributed by atoms with Gasteiger partial charge in [0.2, 0.25) is 0 Å². The predicted molar refractivity (Wildman–Crippen MR) is 23.2 cm³/mol. The van der Waals surface area contributed by atoms with Crippen LogP contribution in [0.4, 0.5) is 0 Å². The fraction of sp³-hybridized carbons (Fsp3) is 0.250. The summed E-state index contributed by atoms with van der Waals surface area (Å²) in [6.07, 6.45) is 0. The molecule has 0 aliphatic heterocycles. The van der Waals surface area contributed by atoms with Gasteiger partial charge in [-0.3, -0.25) is 11.4 Å². The second kappa shape index (κ2) is 17.0. The van der Waals surface area contributed by atoms with Crippen molar-refractivity contribution in [2.45, 2.75) is 6.92 Å². The summed E-state index contributed by atoms with van der Waals surface area (Å²) in [4.78, 5) is 9.00. The van der Waals surface area contributed by atoms with Crippen LogP contribution >= 0.6 is 0 Å². The molecule has 0 heterocycles. The molecule has 0 aliphatic rings. The summed E-state index contributed by atoms with van der Waals surface area (Å²) in [7, 11) is 0. The molecule has 0 spiro atoms. The van der Waals surface area contributed by atoms with Crippen LogP contribution in [-0.4, -0.2) is 11.1 Å². The van der Waals surface area contributed by atoms with E-state index in [9.17, 15) is 0 Å². The summed E-state index contributed by atoms with van der Waals surface area (Å²) in [6, 6.07) is 0. The molecular formula is C4H7LiO2. The zero-order valence-corrected chi connectivity index (χ0v) is 4.64. The first-order chi connectivity index (χ1) is 2.73. The fourth-order valence-electron chi connectivity index (χ4n) is 0. The van der Waals surface area contributed by atoms with Crippen LogP contribution in [0.1, 0.15) is 6.92 Å². The number of rotatable bonds is 0. The van der Waals surface area contributed by atoms with Gasteiger partial charge in [0.1, 0.15) is 0 Å². The van der Waals surface area contributed by atoms with Crippen LogP contribution in [0.5, 0.6) is 0 Å². The molecular weight excluding hydrogens is 87.0 g/mol. The first kappa shape index (κ1) is 15.8. The van der Waals surface area contributed by atoms with Crippen LogP contribution < -0.4 is 18.9 Å². The summed E-state index contributed by atoms with van der Waals surface area (Å²) in [6.45, 7) is 8.08. The monoisotopic (exact) mass is 94.1 g/mol. The average molecular weight is 94.0 g/mol. The van der Waals surface area contributed by atoms with Gasteiger partial charge >= 0.3 is 18.9 Å². The molecule has 0 bridgehead atoms. The molecule has 0 radical (unpaired) electrons. The molecule has 2 nitrogen and oxygen atoms in total. The normalized spacial score (nSPS) is 4.14. The quantitative estimate of drug-likeness (QED) is 0.271. The molecule has 0 aromatic carbocycles. The van der Waals surface area contributed by atoms with Gasteiger partial charge in [-0.25, -0.2) is 0 Å². The van der Waals surface area contributed by atoms with Gasteiger partial charge in [-0.1, -0.05) is 0 Å². The van der Waals surface area contributed by atoms with Crippen molar-refractivity contribution >= 4 is 5.97 Å². The number of carbonyl (C=O) groups is 1. The Morgan fingerprint density at radius 1 is 1.71 bits per heavy atom. The van der Waals surface area contributed by atoms with E-state index in [0.29, 0.717) is 0 Å². The van der Waals surface area contributed by atoms with Gasteiger partial charge in [0, 0.05) is 6.92 Å². The Hall–Kier alpha value is -0.193. The van der Waals surface area contributed by atoms with E-state index >= 15 is 0 Å². The van der Waals surface area contributed by atoms with Crippen molar-refractivity contribution in [3.63, 3.8) is 0 Å². The van der Waals surface area contributed by atoms with E-state index in [0.717, 1.165) is 6.92 Å². The van der Waals surface area contributed by atoms with E-state index in [1.165, 1.54) is 0 Å². The van der Waals surface area contributed by atoms with Gasteiger partial charge in [0.15, 0.2) is 0 Å². The van der Waals surface area contributed by atoms with E-state index in [2.05, 4.69) is 13.2 Å². The van der Waals surface area contributed by atoms with Crippen molar-refractivity contribution in [1.82, 2.24) is 0 Å². The molecule has 1 N–H and O–H groups in total. The van der Waals surface area contributed by atoms with Crippen molar-refractivity contribution in [1.29, 1.82) is 0 Å². The Morgan fingerprint density at radius 3 is 1.71 bits per heavy atom. The van der Waals surface area contributed by atoms with E-state index in [4.69, 9.17) is 9.90 Å². The molecule has 0 saturated heterocycles. The first-order valence-corrected chi connectivity index (χ1v) is 1.34. The Bertz CT molecular complexity index is 41.0. The number of hydrogen-bond acceptors (Lipinski definition) is 1. The van der Waals surface area contributed by atoms with Gasteiger partial charge in [0.05, 0.1) is 0 Å². The summed E-state index contributed by atoms with van der Waals surface area (Å²) in [5.41, 5.74) is 0. The van der Waals surface area contributed by atoms with E-state index in [-0.39, 0.29) is 18.9 Å². The van der Waals surface area contributed by atoms with E-state index in [1.54, 1.807) is 0 Å². The summed E-state index contributed by atoms with van der Waals surface area (Å²) < 4.78 is 0. The largest absolute Gasteiger partial charge is 1.00 e. The summed E-state index contributed by atoms with van der Waals surface area (Å²) >= 11 is 0. The van der Waals surface area contributed by atoms with Crippen LogP contribution in [0.15, 0.2) is 6.58 Å². The minimum absolute atomic E-state index is 0. The Kier molecular flexibility index (Phi) is 38.5. The third-order valence-corrected chi connectivity index (χ3v) is 0. The molecule has 0 aliphatic carbocycles. The minimum Gasteiger partial charge on any atom is -0.521 e. The van der Waals surface area contributed by atoms with Crippen LogP contribution in [0.2, 0.25) is 0 Å². The number of aliphatic carboxylic acids is 1. The SMILES string of the molecule is CC(=O)O.[CH-]=C.[Li+]. The summed E-state index contributed by atoms with van der Waals surface area (Å²) in [5.74, 6) is -0.833. The van der Waals surface area contributed by atoms with Crippen molar-refractivity contribution in [3.8, 4) is 0 Å². The van der Waals surface area contributed by atoms with Crippen molar-refractivity contribution in [3.05, 3.63) is 13.2 Å². The molecule has 0 atom stereocenters. The first-order valence-electron chi connectivity index (χ1n) is 1.34. The zero-order valence-electron chi connectivity index (χ0n) is 4.64. The van der Waals surface area contributed by atoms with Crippen LogP contribution in [0.25, 0.3) is 0 Å². The zero-order chi connectivity index (χ0) is 5.58. The Balaban J connectivity index is -0.0000000480. The van der Waals surface area contributed by atoms with Gasteiger partial charge in [-0.05, 0) is 0 Å². The van der Waals surface area contributed by atoms with E-state index < -0.39 is 5.97 Å². The smallest absolute Gasteiger partial charge is 0.521 e. The van der Waals surface area contributed by atoms with Crippen LogP contribution in [-0.2, 0) is 4.79 Å².